The molecule has 9 unspecified atom stereocenters. The van der Waals surface area contributed by atoms with E-state index in [4.69, 9.17) is 33.2 Å². The Morgan fingerprint density at radius 1 is 0.577 bits per heavy atom. The minimum absolute atomic E-state index is 0.0351. The molecule has 1 N–H and O–H groups in total. The Morgan fingerprint density at radius 3 is 1.92 bits per heavy atom. The van der Waals surface area contributed by atoms with Crippen molar-refractivity contribution in [3.63, 3.8) is 0 Å². The molecule has 26 heavy (non-hydrogen) atoms. The van der Waals surface area contributed by atoms with Crippen LogP contribution in [-0.4, -0.2) is 80.4 Å². The average molecular weight is 372 g/mol. The lowest BCUT2D eigenvalue weighted by Crippen LogP contribution is -2.43. The molecule has 5 rings (SSSR count). The minimum atomic E-state index is -0.812. The Labute approximate surface area is 153 Å². The lowest BCUT2D eigenvalue weighted by atomic mass is 10.1. The summed E-state index contributed by atoms with van der Waals surface area (Å²) in [6.07, 6.45) is 2.49. The van der Waals surface area contributed by atoms with Gasteiger partial charge in [0.15, 0.2) is 18.9 Å². The van der Waals surface area contributed by atoms with Crippen LogP contribution in [0.3, 0.4) is 0 Å². The van der Waals surface area contributed by atoms with Gasteiger partial charge in [0.05, 0.1) is 6.61 Å². The van der Waals surface area contributed by atoms with Crippen LogP contribution in [0.15, 0.2) is 0 Å². The van der Waals surface area contributed by atoms with E-state index >= 15 is 0 Å². The number of fused-ring (bicyclic) bond motifs is 1. The standard InChI is InChI=1S/C18H28O8/c19-13-14(12-9-22-16(23-12)10-5-1-3-7-20-10)24-18-15(13)25-17(26-18)11-6-2-4-8-21-11/h10-19H,1-9H2. The Morgan fingerprint density at radius 2 is 1.27 bits per heavy atom. The molecule has 5 aliphatic heterocycles. The van der Waals surface area contributed by atoms with Crippen molar-refractivity contribution < 1.29 is 38.3 Å². The molecule has 5 aliphatic rings. The molecule has 5 heterocycles. The summed E-state index contributed by atoms with van der Waals surface area (Å²) in [7, 11) is 0. The van der Waals surface area contributed by atoms with E-state index in [1.807, 2.05) is 0 Å². The Bertz CT molecular complexity index is 478. The summed E-state index contributed by atoms with van der Waals surface area (Å²) >= 11 is 0. The maximum Gasteiger partial charge on any atom is 0.190 e. The van der Waals surface area contributed by atoms with E-state index < -0.39 is 30.9 Å². The topological polar surface area (TPSA) is 84.8 Å². The highest BCUT2D eigenvalue weighted by Crippen LogP contribution is 2.38. The molecule has 0 saturated carbocycles. The molecule has 5 saturated heterocycles. The average Bonchev–Trinajstić information content (AvgIpc) is 3.40. The van der Waals surface area contributed by atoms with Crippen LogP contribution in [0.5, 0.6) is 0 Å². The van der Waals surface area contributed by atoms with Gasteiger partial charge < -0.3 is 38.3 Å². The maximum absolute atomic E-state index is 10.7. The quantitative estimate of drug-likeness (QED) is 0.775. The number of rotatable bonds is 3. The Hall–Kier alpha value is -0.320. The number of aliphatic hydroxyl groups is 1. The largest absolute Gasteiger partial charge is 0.387 e. The SMILES string of the molecule is OC1C(C2COC(C3CCCCO3)O2)OC2OC(C3CCCCO3)OC21. The van der Waals surface area contributed by atoms with Crippen LogP contribution < -0.4 is 0 Å². The third-order valence-electron chi connectivity index (χ3n) is 5.93. The molecule has 9 atom stereocenters. The van der Waals surface area contributed by atoms with Gasteiger partial charge in [0, 0.05) is 13.2 Å². The first-order valence-electron chi connectivity index (χ1n) is 9.94. The first kappa shape index (κ1) is 17.8. The molecule has 0 spiro atoms. The lowest BCUT2D eigenvalue weighted by Gasteiger charge is -2.29. The zero-order chi connectivity index (χ0) is 17.5. The van der Waals surface area contributed by atoms with Gasteiger partial charge in [-0.05, 0) is 38.5 Å². The Balaban J connectivity index is 1.16. The minimum Gasteiger partial charge on any atom is -0.387 e. The summed E-state index contributed by atoms with van der Waals surface area (Å²) in [6, 6.07) is 0. The van der Waals surface area contributed by atoms with E-state index in [-0.39, 0.29) is 24.6 Å². The van der Waals surface area contributed by atoms with Gasteiger partial charge in [0.25, 0.3) is 0 Å². The number of hydrogen-bond acceptors (Lipinski definition) is 8. The van der Waals surface area contributed by atoms with E-state index in [2.05, 4.69) is 0 Å². The molecule has 8 nitrogen and oxygen atoms in total. The Kier molecular flexibility index (Phi) is 5.19. The molecule has 148 valence electrons. The van der Waals surface area contributed by atoms with Crippen LogP contribution in [0.2, 0.25) is 0 Å². The number of aliphatic hydroxyl groups excluding tert-OH is 1. The smallest absolute Gasteiger partial charge is 0.190 e. The summed E-state index contributed by atoms with van der Waals surface area (Å²) < 4.78 is 41.0. The number of hydrogen-bond donors (Lipinski definition) is 1. The van der Waals surface area contributed by atoms with Crippen molar-refractivity contribution in [3.8, 4) is 0 Å². The third kappa shape index (κ3) is 3.31. The van der Waals surface area contributed by atoms with Crippen LogP contribution in [0.1, 0.15) is 38.5 Å². The molecule has 5 fully saturated rings. The van der Waals surface area contributed by atoms with Crippen LogP contribution >= 0.6 is 0 Å². The van der Waals surface area contributed by atoms with Gasteiger partial charge in [0.2, 0.25) is 0 Å². The fourth-order valence-electron chi connectivity index (χ4n) is 4.49. The monoisotopic (exact) mass is 372 g/mol. The summed E-state index contributed by atoms with van der Waals surface area (Å²) in [5, 5.41) is 10.7. The predicted molar refractivity (Wildman–Crippen MR) is 86.2 cm³/mol. The molecular weight excluding hydrogens is 344 g/mol. The van der Waals surface area contributed by atoms with E-state index in [0.29, 0.717) is 6.61 Å². The molecular formula is C18H28O8. The van der Waals surface area contributed by atoms with Gasteiger partial charge in [-0.25, -0.2) is 0 Å². The normalized spacial score (nSPS) is 52.3. The third-order valence-corrected chi connectivity index (χ3v) is 5.93. The second-order valence-corrected chi connectivity index (χ2v) is 7.75. The molecule has 8 heteroatoms. The molecule has 0 aliphatic carbocycles. The van der Waals surface area contributed by atoms with Crippen molar-refractivity contribution in [3.05, 3.63) is 0 Å². The summed E-state index contributed by atoms with van der Waals surface area (Å²) in [5.74, 6) is 0. The summed E-state index contributed by atoms with van der Waals surface area (Å²) in [4.78, 5) is 0. The van der Waals surface area contributed by atoms with Crippen LogP contribution in [0.4, 0.5) is 0 Å². The van der Waals surface area contributed by atoms with E-state index in [1.165, 1.54) is 0 Å². The first-order valence-corrected chi connectivity index (χ1v) is 9.94. The molecule has 0 aromatic rings. The van der Waals surface area contributed by atoms with Crippen LogP contribution in [-0.2, 0) is 33.2 Å². The zero-order valence-corrected chi connectivity index (χ0v) is 14.9. The van der Waals surface area contributed by atoms with Gasteiger partial charge in [-0.2, -0.15) is 0 Å². The van der Waals surface area contributed by atoms with E-state index in [9.17, 15) is 5.11 Å². The van der Waals surface area contributed by atoms with E-state index in [1.54, 1.807) is 0 Å². The van der Waals surface area contributed by atoms with Gasteiger partial charge in [-0.15, -0.1) is 0 Å². The highest BCUT2D eigenvalue weighted by atomic mass is 16.8. The molecule has 0 bridgehead atoms. The zero-order valence-electron chi connectivity index (χ0n) is 14.9. The second kappa shape index (κ2) is 7.60. The maximum atomic E-state index is 10.7. The molecule has 0 aromatic carbocycles. The van der Waals surface area contributed by atoms with Crippen molar-refractivity contribution in [2.75, 3.05) is 19.8 Å². The first-order chi connectivity index (χ1) is 12.8. The fourth-order valence-corrected chi connectivity index (χ4v) is 4.49. The van der Waals surface area contributed by atoms with Crippen molar-refractivity contribution in [1.82, 2.24) is 0 Å². The van der Waals surface area contributed by atoms with Crippen molar-refractivity contribution in [1.29, 1.82) is 0 Å². The van der Waals surface area contributed by atoms with Crippen molar-refractivity contribution in [2.24, 2.45) is 0 Å². The number of ether oxygens (including phenoxy) is 7. The molecule has 0 radical (unpaired) electrons. The van der Waals surface area contributed by atoms with Crippen molar-refractivity contribution in [2.45, 2.75) is 94.0 Å². The lowest BCUT2D eigenvalue weighted by molar-refractivity contribution is -0.230. The van der Waals surface area contributed by atoms with Crippen molar-refractivity contribution >= 4 is 0 Å². The van der Waals surface area contributed by atoms with Gasteiger partial charge in [-0.1, -0.05) is 0 Å². The van der Waals surface area contributed by atoms with Gasteiger partial charge >= 0.3 is 0 Å². The highest BCUT2D eigenvalue weighted by molar-refractivity contribution is 4.97. The summed E-state index contributed by atoms with van der Waals surface area (Å²) in [5.41, 5.74) is 0. The van der Waals surface area contributed by atoms with Gasteiger partial charge in [-0.3, -0.25) is 0 Å². The highest BCUT2D eigenvalue weighted by Gasteiger charge is 2.57. The predicted octanol–water partition coefficient (Wildman–Crippen LogP) is 0.693. The van der Waals surface area contributed by atoms with Crippen LogP contribution in [0.25, 0.3) is 0 Å². The van der Waals surface area contributed by atoms with Gasteiger partial charge in [0.1, 0.15) is 36.6 Å². The molecule has 0 amide bonds. The fraction of sp³-hybridized carbons (Fsp3) is 1.00. The molecule has 0 aromatic heterocycles. The van der Waals surface area contributed by atoms with Crippen LogP contribution in [0, 0.1) is 0 Å². The summed E-state index contributed by atoms with van der Waals surface area (Å²) in [6.45, 7) is 1.85. The van der Waals surface area contributed by atoms with E-state index in [0.717, 1.165) is 51.7 Å². The second-order valence-electron chi connectivity index (χ2n) is 7.75.